The molecule has 0 saturated carbocycles. The minimum atomic E-state index is -1.10. The number of hydrogen-bond donors (Lipinski definition) is 2. The third-order valence-electron chi connectivity index (χ3n) is 1.21. The summed E-state index contributed by atoms with van der Waals surface area (Å²) in [5.41, 5.74) is 0. The standard InChI is InChI=1S/C8H10O4S/c1-3-5(7(9)10)13-6(4-2)8(11)12/h3-6H,1-2H2,(H,9,10)(H,11,12). The molecule has 4 nitrogen and oxygen atoms in total. The molecule has 0 radical (unpaired) electrons. The Morgan fingerprint density at radius 1 is 1.08 bits per heavy atom. The van der Waals surface area contributed by atoms with Crippen LogP contribution in [0.2, 0.25) is 0 Å². The van der Waals surface area contributed by atoms with Gasteiger partial charge in [0, 0.05) is 0 Å². The predicted octanol–water partition coefficient (Wildman–Crippen LogP) is 0.998. The molecule has 0 aliphatic rings. The van der Waals surface area contributed by atoms with E-state index in [4.69, 9.17) is 10.2 Å². The van der Waals surface area contributed by atoms with E-state index < -0.39 is 22.4 Å². The van der Waals surface area contributed by atoms with Gasteiger partial charge in [-0.3, -0.25) is 9.59 Å². The maximum absolute atomic E-state index is 10.5. The van der Waals surface area contributed by atoms with Crippen LogP contribution in [0.3, 0.4) is 0 Å². The number of carbonyl (C=O) groups is 2. The van der Waals surface area contributed by atoms with Crippen LogP contribution in [0.25, 0.3) is 0 Å². The molecule has 0 aliphatic heterocycles. The molecular formula is C8H10O4S. The highest BCUT2D eigenvalue weighted by Crippen LogP contribution is 2.20. The van der Waals surface area contributed by atoms with Gasteiger partial charge in [-0.05, 0) is 0 Å². The molecule has 13 heavy (non-hydrogen) atoms. The number of hydrogen-bond acceptors (Lipinski definition) is 3. The molecule has 0 aromatic carbocycles. The monoisotopic (exact) mass is 202 g/mol. The molecule has 0 spiro atoms. The second-order valence-electron chi connectivity index (χ2n) is 2.13. The van der Waals surface area contributed by atoms with E-state index in [2.05, 4.69) is 13.2 Å². The molecule has 0 saturated heterocycles. The summed E-state index contributed by atoms with van der Waals surface area (Å²) in [6, 6.07) is 0. The Bertz CT molecular complexity index is 212. The van der Waals surface area contributed by atoms with Crippen molar-refractivity contribution in [2.24, 2.45) is 0 Å². The first-order valence-corrected chi connectivity index (χ1v) is 4.33. The minimum Gasteiger partial charge on any atom is -0.480 e. The molecule has 72 valence electrons. The molecule has 2 unspecified atom stereocenters. The molecule has 0 rings (SSSR count). The molecule has 0 aromatic rings. The van der Waals surface area contributed by atoms with Crippen molar-refractivity contribution in [1.82, 2.24) is 0 Å². The van der Waals surface area contributed by atoms with Crippen molar-refractivity contribution in [2.75, 3.05) is 0 Å². The van der Waals surface area contributed by atoms with Crippen molar-refractivity contribution < 1.29 is 19.8 Å². The average molecular weight is 202 g/mol. The van der Waals surface area contributed by atoms with Crippen molar-refractivity contribution in [2.45, 2.75) is 10.5 Å². The summed E-state index contributed by atoms with van der Waals surface area (Å²) in [7, 11) is 0. The first-order chi connectivity index (χ1) is 6.02. The van der Waals surface area contributed by atoms with Gasteiger partial charge in [0.15, 0.2) is 0 Å². The fourth-order valence-electron chi connectivity index (χ4n) is 0.587. The number of carboxylic acid groups (broad SMARTS) is 2. The topological polar surface area (TPSA) is 74.6 Å². The second-order valence-corrected chi connectivity index (χ2v) is 3.41. The lowest BCUT2D eigenvalue weighted by atomic mass is 10.4. The molecule has 0 heterocycles. The van der Waals surface area contributed by atoms with Crippen molar-refractivity contribution in [3.05, 3.63) is 25.3 Å². The summed E-state index contributed by atoms with van der Waals surface area (Å²) in [4.78, 5) is 21.0. The van der Waals surface area contributed by atoms with Gasteiger partial charge >= 0.3 is 11.9 Å². The zero-order chi connectivity index (χ0) is 10.4. The van der Waals surface area contributed by atoms with E-state index in [0.29, 0.717) is 0 Å². The van der Waals surface area contributed by atoms with Crippen LogP contribution in [0.15, 0.2) is 25.3 Å². The summed E-state index contributed by atoms with van der Waals surface area (Å²) in [5, 5.41) is 15.3. The van der Waals surface area contributed by atoms with Crippen LogP contribution in [-0.4, -0.2) is 32.7 Å². The predicted molar refractivity (Wildman–Crippen MR) is 50.8 cm³/mol. The number of aliphatic carboxylic acids is 2. The van der Waals surface area contributed by atoms with Crippen molar-refractivity contribution in [3.8, 4) is 0 Å². The summed E-state index contributed by atoms with van der Waals surface area (Å²) < 4.78 is 0. The minimum absolute atomic E-state index is 0.771. The Morgan fingerprint density at radius 2 is 1.38 bits per heavy atom. The van der Waals surface area contributed by atoms with E-state index in [9.17, 15) is 9.59 Å². The number of rotatable bonds is 6. The first kappa shape index (κ1) is 11.8. The smallest absolute Gasteiger partial charge is 0.320 e. The van der Waals surface area contributed by atoms with Crippen molar-refractivity contribution in [3.63, 3.8) is 0 Å². The van der Waals surface area contributed by atoms with Crippen molar-refractivity contribution >= 4 is 23.7 Å². The number of carboxylic acids is 2. The van der Waals surface area contributed by atoms with Gasteiger partial charge in [-0.15, -0.1) is 24.9 Å². The van der Waals surface area contributed by atoms with Crippen LogP contribution in [-0.2, 0) is 9.59 Å². The van der Waals surface area contributed by atoms with E-state index in [0.717, 1.165) is 11.8 Å². The van der Waals surface area contributed by atoms with E-state index in [1.165, 1.54) is 12.2 Å². The zero-order valence-electron chi connectivity index (χ0n) is 6.84. The Hall–Kier alpha value is -1.23. The third kappa shape index (κ3) is 3.80. The molecule has 2 N–H and O–H groups in total. The molecule has 0 fully saturated rings. The van der Waals surface area contributed by atoms with Crippen LogP contribution in [0, 0.1) is 0 Å². The highest BCUT2D eigenvalue weighted by atomic mass is 32.2. The van der Waals surface area contributed by atoms with Crippen LogP contribution in [0.5, 0.6) is 0 Å². The highest BCUT2D eigenvalue weighted by molar-refractivity contribution is 8.02. The van der Waals surface area contributed by atoms with E-state index in [-0.39, 0.29) is 0 Å². The summed E-state index contributed by atoms with van der Waals surface area (Å²) in [6.07, 6.45) is 2.37. The normalized spacial score (nSPS) is 14.2. The molecule has 0 amide bonds. The summed E-state index contributed by atoms with van der Waals surface area (Å²) in [6.45, 7) is 6.60. The van der Waals surface area contributed by atoms with E-state index >= 15 is 0 Å². The molecule has 2 atom stereocenters. The Balaban J connectivity index is 4.36. The van der Waals surface area contributed by atoms with Crippen LogP contribution in [0.4, 0.5) is 0 Å². The molecule has 0 aromatic heterocycles. The maximum atomic E-state index is 10.5. The molecular weight excluding hydrogens is 192 g/mol. The largest absolute Gasteiger partial charge is 0.480 e. The summed E-state index contributed by atoms with van der Waals surface area (Å²) in [5.74, 6) is -2.21. The van der Waals surface area contributed by atoms with Crippen LogP contribution in [0.1, 0.15) is 0 Å². The van der Waals surface area contributed by atoms with Gasteiger partial charge in [0.2, 0.25) is 0 Å². The lowest BCUT2D eigenvalue weighted by Crippen LogP contribution is -2.21. The molecule has 5 heteroatoms. The Morgan fingerprint density at radius 3 is 1.54 bits per heavy atom. The quantitative estimate of drug-likeness (QED) is 0.628. The second kappa shape index (κ2) is 5.42. The lowest BCUT2D eigenvalue weighted by molar-refractivity contribution is -0.135. The van der Waals surface area contributed by atoms with E-state index in [1.54, 1.807) is 0 Å². The fraction of sp³-hybridized carbons (Fsp3) is 0.250. The Labute approximate surface area is 79.9 Å². The third-order valence-corrected chi connectivity index (χ3v) is 2.58. The number of thioether (sulfide) groups is 1. The van der Waals surface area contributed by atoms with Gasteiger partial charge in [-0.2, -0.15) is 0 Å². The zero-order valence-corrected chi connectivity index (χ0v) is 7.66. The van der Waals surface area contributed by atoms with E-state index in [1.807, 2.05) is 0 Å². The van der Waals surface area contributed by atoms with Crippen molar-refractivity contribution in [1.29, 1.82) is 0 Å². The molecule has 0 aliphatic carbocycles. The lowest BCUT2D eigenvalue weighted by Gasteiger charge is -2.10. The average Bonchev–Trinajstić information content (AvgIpc) is 2.05. The van der Waals surface area contributed by atoms with Crippen LogP contribution >= 0.6 is 11.8 Å². The maximum Gasteiger partial charge on any atom is 0.320 e. The summed E-state index contributed by atoms with van der Waals surface area (Å²) >= 11 is 0.771. The molecule has 0 bridgehead atoms. The first-order valence-electron chi connectivity index (χ1n) is 3.39. The van der Waals surface area contributed by atoms with Gasteiger partial charge in [0.05, 0.1) is 0 Å². The fourth-order valence-corrected chi connectivity index (χ4v) is 1.36. The SMILES string of the molecule is C=CC(SC(C=C)C(=O)O)C(=O)O. The highest BCUT2D eigenvalue weighted by Gasteiger charge is 2.22. The van der Waals surface area contributed by atoms with Gasteiger partial charge in [0.25, 0.3) is 0 Å². The van der Waals surface area contributed by atoms with Gasteiger partial charge < -0.3 is 10.2 Å². The van der Waals surface area contributed by atoms with Gasteiger partial charge in [-0.1, -0.05) is 12.2 Å². The Kier molecular flexibility index (Phi) is 4.91. The van der Waals surface area contributed by atoms with Gasteiger partial charge in [0.1, 0.15) is 10.5 Å². The van der Waals surface area contributed by atoms with Gasteiger partial charge in [-0.25, -0.2) is 0 Å². The van der Waals surface area contributed by atoms with Crippen LogP contribution < -0.4 is 0 Å².